The van der Waals surface area contributed by atoms with E-state index in [2.05, 4.69) is 43.0 Å². The van der Waals surface area contributed by atoms with Crippen molar-refractivity contribution in [2.45, 2.75) is 59.3 Å². The highest BCUT2D eigenvalue weighted by atomic mass is 19.1. The fourth-order valence-corrected chi connectivity index (χ4v) is 7.93. The highest BCUT2D eigenvalue weighted by Crippen LogP contribution is 2.70. The first-order valence-electron chi connectivity index (χ1n) is 17.5. The van der Waals surface area contributed by atoms with Crippen molar-refractivity contribution in [2.24, 2.45) is 16.7 Å². The Morgan fingerprint density at radius 3 is 1.75 bits per heavy atom. The Labute approximate surface area is 304 Å². The highest BCUT2D eigenvalue weighted by molar-refractivity contribution is 5.87. The maximum absolute atomic E-state index is 14.5. The molecule has 52 heavy (non-hydrogen) atoms. The van der Waals surface area contributed by atoms with Crippen molar-refractivity contribution in [1.82, 2.24) is 15.0 Å². The second kappa shape index (κ2) is 14.1. The molecule has 2 aliphatic rings. The summed E-state index contributed by atoms with van der Waals surface area (Å²) in [6.07, 6.45) is 0. The number of aryl methyl sites for hydroxylation is 1. The number of hydrogen-bond donors (Lipinski definition) is 2. The smallest absolute Gasteiger partial charge is 0.250 e. The van der Waals surface area contributed by atoms with Crippen LogP contribution in [0.25, 0.3) is 22.3 Å². The van der Waals surface area contributed by atoms with Gasteiger partial charge in [0.25, 0.3) is 0 Å². The molecule has 7 nitrogen and oxygen atoms in total. The van der Waals surface area contributed by atoms with Gasteiger partial charge < -0.3 is 4.98 Å². The number of H-pyrrole nitrogens is 1. The molecule has 2 N–H and O–H groups in total. The molecule has 1 aromatic heterocycles. The van der Waals surface area contributed by atoms with E-state index in [1.807, 2.05) is 85.8 Å². The summed E-state index contributed by atoms with van der Waals surface area (Å²) in [5.41, 5.74) is 6.75. The van der Waals surface area contributed by atoms with Crippen LogP contribution in [-0.4, -0.2) is 41.0 Å². The summed E-state index contributed by atoms with van der Waals surface area (Å²) in [7, 11) is 3.10. The fraction of sp³-hybridized carbons (Fsp3) is 0.326. The first kappa shape index (κ1) is 36.6. The van der Waals surface area contributed by atoms with E-state index < -0.39 is 0 Å². The molecule has 0 bridgehead atoms. The van der Waals surface area contributed by atoms with E-state index in [-0.39, 0.29) is 58.0 Å². The Bertz CT molecular complexity index is 2090. The first-order valence-corrected chi connectivity index (χ1v) is 17.5. The molecule has 4 atom stereocenters. The van der Waals surface area contributed by atoms with E-state index in [9.17, 15) is 18.4 Å². The lowest BCUT2D eigenvalue weighted by atomic mass is 9.97. The van der Waals surface area contributed by atoms with Crippen LogP contribution in [0.15, 0.2) is 97.1 Å². The van der Waals surface area contributed by atoms with Crippen molar-refractivity contribution in [2.75, 3.05) is 19.5 Å². The lowest BCUT2D eigenvalue weighted by molar-refractivity contribution is -0.171. The predicted molar refractivity (Wildman–Crippen MR) is 200 cm³/mol. The molecule has 2 amide bonds. The monoisotopic (exact) mass is 704 g/mol. The summed E-state index contributed by atoms with van der Waals surface area (Å²) in [4.78, 5) is 36.6. The van der Waals surface area contributed by atoms with Crippen molar-refractivity contribution < 1.29 is 23.2 Å². The van der Waals surface area contributed by atoms with Crippen LogP contribution in [0, 0.1) is 35.3 Å². The molecule has 4 aromatic carbocycles. The van der Waals surface area contributed by atoms with Crippen LogP contribution in [0.1, 0.15) is 74.9 Å². The molecule has 270 valence electrons. The van der Waals surface area contributed by atoms with Crippen molar-refractivity contribution >= 4 is 17.8 Å². The van der Waals surface area contributed by atoms with Crippen molar-refractivity contribution in [3.8, 4) is 22.3 Å². The van der Waals surface area contributed by atoms with E-state index in [0.717, 1.165) is 33.6 Å². The van der Waals surface area contributed by atoms with Gasteiger partial charge in [0.1, 0.15) is 11.6 Å². The number of amides is 2. The number of imidazole rings is 1. The first-order chi connectivity index (χ1) is 24.7. The van der Waals surface area contributed by atoms with Gasteiger partial charge in [0.15, 0.2) is 0 Å². The third-order valence-electron chi connectivity index (χ3n) is 10.9. The van der Waals surface area contributed by atoms with Gasteiger partial charge in [-0.3, -0.25) is 19.7 Å². The van der Waals surface area contributed by atoms with Crippen molar-refractivity contribution in [3.63, 3.8) is 0 Å². The molecular formula is C43H46F2N4O3. The van der Waals surface area contributed by atoms with Gasteiger partial charge in [-0.15, -0.1) is 0 Å². The van der Waals surface area contributed by atoms with Crippen LogP contribution in [0.4, 0.5) is 14.7 Å². The number of carbonyl (C=O) groups is 2. The zero-order valence-corrected chi connectivity index (χ0v) is 30.9. The van der Waals surface area contributed by atoms with Crippen LogP contribution < -0.4 is 5.32 Å². The van der Waals surface area contributed by atoms with E-state index in [0.29, 0.717) is 17.1 Å². The van der Waals surface area contributed by atoms with E-state index in [1.165, 1.54) is 25.2 Å². The van der Waals surface area contributed by atoms with Crippen molar-refractivity contribution in [1.29, 1.82) is 0 Å². The normalized spacial score (nSPS) is 20.7. The van der Waals surface area contributed by atoms with E-state index in [4.69, 9.17) is 4.84 Å². The number of anilines is 1. The van der Waals surface area contributed by atoms with Gasteiger partial charge in [0.2, 0.25) is 17.8 Å². The summed E-state index contributed by atoms with van der Waals surface area (Å²) < 4.78 is 28.8. The number of rotatable bonds is 8. The Morgan fingerprint density at radius 2 is 1.27 bits per heavy atom. The largest absolute Gasteiger partial charge is 0.328 e. The molecule has 1 heterocycles. The molecule has 2 aliphatic carbocycles. The van der Waals surface area contributed by atoms with Crippen LogP contribution in [0.5, 0.6) is 0 Å². The molecule has 5 aromatic rings. The Kier molecular flexibility index (Phi) is 9.94. The zero-order chi connectivity index (χ0) is 37.5. The summed E-state index contributed by atoms with van der Waals surface area (Å²) in [5, 5.41) is 3.99. The van der Waals surface area contributed by atoms with Gasteiger partial charge in [-0.05, 0) is 70.2 Å². The van der Waals surface area contributed by atoms with Gasteiger partial charge in [-0.2, -0.15) is 0 Å². The fourth-order valence-electron chi connectivity index (χ4n) is 7.93. The minimum atomic E-state index is -0.250. The molecule has 0 aliphatic heterocycles. The maximum Gasteiger partial charge on any atom is 0.250 e. The lowest BCUT2D eigenvalue weighted by Crippen LogP contribution is -2.28. The second-order valence-corrected chi connectivity index (χ2v) is 15.1. The van der Waals surface area contributed by atoms with Gasteiger partial charge in [0.05, 0.1) is 18.7 Å². The minimum absolute atomic E-state index is 0.000760. The number of nitrogens with one attached hydrogen (secondary N) is 2. The summed E-state index contributed by atoms with van der Waals surface area (Å²) >= 11 is 0. The molecule has 0 radical (unpaired) electrons. The van der Waals surface area contributed by atoms with E-state index >= 15 is 0 Å². The Balaban J connectivity index is 0.000000181. The molecule has 2 fully saturated rings. The van der Waals surface area contributed by atoms with Gasteiger partial charge in [0, 0.05) is 42.6 Å². The second-order valence-electron chi connectivity index (χ2n) is 15.1. The highest BCUT2D eigenvalue weighted by Gasteiger charge is 2.63. The number of aromatic amines is 1. The molecule has 0 saturated heterocycles. The number of hydrogen-bond acceptors (Lipinski definition) is 4. The molecule has 9 heteroatoms. The summed E-state index contributed by atoms with van der Waals surface area (Å²) in [6.45, 7) is 12.0. The molecular weight excluding hydrogens is 658 g/mol. The maximum atomic E-state index is 14.5. The Morgan fingerprint density at radius 1 is 0.769 bits per heavy atom. The van der Waals surface area contributed by atoms with Crippen LogP contribution in [-0.2, 0) is 14.4 Å². The molecule has 7 rings (SSSR count). The van der Waals surface area contributed by atoms with E-state index in [1.54, 1.807) is 19.2 Å². The quantitative estimate of drug-likeness (QED) is 0.158. The minimum Gasteiger partial charge on any atom is -0.328 e. The number of carbonyl (C=O) groups excluding carboxylic acids is 2. The SMILES string of the molecule is CC(=O)Nc1nc([C@@H]2[C@@H](c3ccc(F)c(-c4ccccc4)c3)C2(C)C)c(C)[nH]1.CON(C)C(=O)[C@@H]1[C@@H](c2ccc(F)c(-c3ccccc3)c2)C1(C)C. The number of hydroxylamine groups is 2. The number of nitrogens with zero attached hydrogens (tertiary/aromatic N) is 2. The average molecular weight is 705 g/mol. The van der Waals surface area contributed by atoms with Gasteiger partial charge >= 0.3 is 0 Å². The van der Waals surface area contributed by atoms with Crippen LogP contribution in [0.3, 0.4) is 0 Å². The van der Waals surface area contributed by atoms with Crippen molar-refractivity contribution in [3.05, 3.63) is 131 Å². The standard InChI is InChI=1S/C23H24FN3O.C20H22FNO2/c1-13-21(27-22(25-13)26-14(2)28)20-19(23(20,3)4)16-10-11-18(24)17(12-16)15-8-6-5-7-9-15;1-20(2)17(18(20)19(23)22(3)24-4)14-10-11-16(21)15(12-14)13-8-6-5-7-9-13/h5-12,19-20H,1-4H3,(H2,25,26,27,28);5-12,17-18H,1-4H3/t19-,20+;17-,18+/m11/s1. The summed E-state index contributed by atoms with van der Waals surface area (Å²) in [5.74, 6) is 0.168. The predicted octanol–water partition coefficient (Wildman–Crippen LogP) is 9.64. The number of aromatic nitrogens is 2. The summed E-state index contributed by atoms with van der Waals surface area (Å²) in [6, 6.07) is 29.6. The lowest BCUT2D eigenvalue weighted by Gasteiger charge is -2.14. The zero-order valence-electron chi connectivity index (χ0n) is 30.9. The number of benzene rings is 4. The third kappa shape index (κ3) is 7.02. The number of halogens is 2. The molecule has 0 unspecified atom stereocenters. The van der Waals surface area contributed by atoms with Gasteiger partial charge in [-0.1, -0.05) is 100 Å². The Hall–Kier alpha value is -5.15. The third-order valence-corrected chi connectivity index (χ3v) is 10.9. The van der Waals surface area contributed by atoms with Gasteiger partial charge in [-0.25, -0.2) is 18.8 Å². The molecule has 2 saturated carbocycles. The van der Waals surface area contributed by atoms with Crippen LogP contribution >= 0.6 is 0 Å². The molecule has 0 spiro atoms. The topological polar surface area (TPSA) is 87.3 Å². The van der Waals surface area contributed by atoms with Crippen LogP contribution in [0.2, 0.25) is 0 Å². The average Bonchev–Trinajstić information content (AvgIpc) is 3.84.